The van der Waals surface area contributed by atoms with Crippen molar-refractivity contribution in [2.24, 2.45) is 0 Å². The predicted molar refractivity (Wildman–Crippen MR) is 63.5 cm³/mol. The van der Waals surface area contributed by atoms with Gasteiger partial charge in [0.15, 0.2) is 5.78 Å². The Morgan fingerprint density at radius 2 is 1.47 bits per heavy atom. The van der Waals surface area contributed by atoms with Crippen molar-refractivity contribution in [3.8, 4) is 11.1 Å². The van der Waals surface area contributed by atoms with Crippen LogP contribution in [0.4, 0.5) is 0 Å². The maximum absolute atomic E-state index is 12.0. The summed E-state index contributed by atoms with van der Waals surface area (Å²) in [6.07, 6.45) is 0. The van der Waals surface area contributed by atoms with E-state index in [2.05, 4.69) is 0 Å². The summed E-state index contributed by atoms with van der Waals surface area (Å²) in [5.74, 6) is 0.157. The molecule has 2 heteroatoms. The van der Waals surface area contributed by atoms with Crippen molar-refractivity contribution < 1.29 is 4.79 Å². The van der Waals surface area contributed by atoms with Crippen molar-refractivity contribution in [3.05, 3.63) is 53.6 Å². The van der Waals surface area contributed by atoms with Crippen LogP contribution in [0, 0.1) is 0 Å². The molecule has 1 nitrogen and oxygen atoms in total. The lowest BCUT2D eigenvalue weighted by Gasteiger charge is -1.99. The minimum absolute atomic E-state index is 0.157. The maximum Gasteiger partial charge on any atom is 0.194 e. The van der Waals surface area contributed by atoms with Crippen LogP contribution in [0.5, 0.6) is 0 Å². The van der Waals surface area contributed by atoms with Crippen LogP contribution in [-0.4, -0.2) is 13.6 Å². The fraction of sp³-hybridized carbons (Fsp3) is 0. The van der Waals surface area contributed by atoms with Crippen LogP contribution in [0.1, 0.15) is 15.9 Å². The van der Waals surface area contributed by atoms with Crippen LogP contribution in [0.3, 0.4) is 0 Å². The van der Waals surface area contributed by atoms with E-state index in [4.69, 9.17) is 0 Å². The first-order chi connectivity index (χ1) is 7.27. The molecule has 0 saturated heterocycles. The summed E-state index contributed by atoms with van der Waals surface area (Å²) in [4.78, 5) is 12.0. The summed E-state index contributed by atoms with van der Waals surface area (Å²) >= 11 is 0. The third-order valence-corrected chi connectivity index (χ3v) is 2.88. The number of fused-ring (bicyclic) bond motifs is 3. The SMILES string of the molecule is Bc1ccc2c(c1)C(=O)c1ccccc1-2. The van der Waals surface area contributed by atoms with E-state index in [1.54, 1.807) is 0 Å². The van der Waals surface area contributed by atoms with E-state index in [0.29, 0.717) is 0 Å². The van der Waals surface area contributed by atoms with Gasteiger partial charge >= 0.3 is 0 Å². The van der Waals surface area contributed by atoms with Crippen molar-refractivity contribution in [2.75, 3.05) is 0 Å². The summed E-state index contributed by atoms with van der Waals surface area (Å²) in [6, 6.07) is 13.8. The fourth-order valence-corrected chi connectivity index (χ4v) is 2.14. The molecule has 0 amide bonds. The zero-order valence-corrected chi connectivity index (χ0v) is 8.45. The zero-order chi connectivity index (χ0) is 10.4. The lowest BCUT2D eigenvalue weighted by Crippen LogP contribution is -2.05. The van der Waals surface area contributed by atoms with Gasteiger partial charge in [-0.05, 0) is 11.1 Å². The Bertz CT molecular complexity index is 572. The Labute approximate surface area is 89.2 Å². The molecule has 0 heterocycles. The molecule has 2 aromatic rings. The van der Waals surface area contributed by atoms with Gasteiger partial charge in [-0.1, -0.05) is 47.9 Å². The second-order valence-corrected chi connectivity index (χ2v) is 3.92. The highest BCUT2D eigenvalue weighted by atomic mass is 16.1. The Hall–Kier alpha value is -1.83. The summed E-state index contributed by atoms with van der Waals surface area (Å²) in [5, 5.41) is 0. The minimum atomic E-state index is 0.157. The van der Waals surface area contributed by atoms with Crippen LogP contribution < -0.4 is 5.46 Å². The fourth-order valence-electron chi connectivity index (χ4n) is 2.14. The maximum atomic E-state index is 12.0. The van der Waals surface area contributed by atoms with Crippen molar-refractivity contribution in [3.63, 3.8) is 0 Å². The summed E-state index contributed by atoms with van der Waals surface area (Å²) in [6.45, 7) is 0. The molecule has 1 aliphatic carbocycles. The Kier molecular flexibility index (Phi) is 1.60. The van der Waals surface area contributed by atoms with Crippen molar-refractivity contribution in [2.45, 2.75) is 0 Å². The number of hydrogen-bond donors (Lipinski definition) is 0. The molecular formula is C13H9BO. The molecule has 0 aliphatic heterocycles. The van der Waals surface area contributed by atoms with E-state index < -0.39 is 0 Å². The van der Waals surface area contributed by atoms with Gasteiger partial charge in [-0.15, -0.1) is 0 Å². The zero-order valence-electron chi connectivity index (χ0n) is 8.45. The molecule has 0 aromatic heterocycles. The van der Waals surface area contributed by atoms with Crippen LogP contribution in [0.2, 0.25) is 0 Å². The number of hydrogen-bond acceptors (Lipinski definition) is 1. The molecule has 0 fully saturated rings. The van der Waals surface area contributed by atoms with Gasteiger partial charge in [-0.2, -0.15) is 0 Å². The Morgan fingerprint density at radius 1 is 0.800 bits per heavy atom. The lowest BCUT2D eigenvalue weighted by molar-refractivity contribution is 0.104. The Morgan fingerprint density at radius 3 is 2.27 bits per heavy atom. The average Bonchev–Trinajstić information content (AvgIpc) is 2.54. The number of ketones is 1. The quantitative estimate of drug-likeness (QED) is 0.488. The molecule has 0 unspecified atom stereocenters. The van der Waals surface area contributed by atoms with Gasteiger partial charge in [0, 0.05) is 11.1 Å². The molecule has 0 N–H and O–H groups in total. The first-order valence-corrected chi connectivity index (χ1v) is 5.02. The summed E-state index contributed by atoms with van der Waals surface area (Å²) in [7, 11) is 2.01. The first-order valence-electron chi connectivity index (χ1n) is 5.02. The molecule has 70 valence electrons. The van der Waals surface area contributed by atoms with Gasteiger partial charge in [0.05, 0.1) is 0 Å². The molecule has 1 aliphatic rings. The predicted octanol–water partition coefficient (Wildman–Crippen LogP) is 1.16. The summed E-state index contributed by atoms with van der Waals surface area (Å²) < 4.78 is 0. The molecule has 3 rings (SSSR count). The largest absolute Gasteiger partial charge is 0.289 e. The van der Waals surface area contributed by atoms with E-state index >= 15 is 0 Å². The van der Waals surface area contributed by atoms with Gasteiger partial charge in [0.1, 0.15) is 7.85 Å². The number of carbonyl (C=O) groups excluding carboxylic acids is 1. The van der Waals surface area contributed by atoms with Gasteiger partial charge < -0.3 is 0 Å². The van der Waals surface area contributed by atoms with E-state index in [1.165, 1.54) is 0 Å². The molecule has 0 spiro atoms. The average molecular weight is 192 g/mol. The van der Waals surface area contributed by atoms with Crippen LogP contribution in [0.25, 0.3) is 11.1 Å². The molecule has 2 aromatic carbocycles. The summed E-state index contributed by atoms with van der Waals surface area (Å²) in [5.41, 5.74) is 4.95. The van der Waals surface area contributed by atoms with Crippen molar-refractivity contribution >= 4 is 19.1 Å². The normalized spacial score (nSPS) is 12.4. The Balaban J connectivity index is 2.38. The van der Waals surface area contributed by atoms with Gasteiger partial charge in [0.2, 0.25) is 0 Å². The topological polar surface area (TPSA) is 17.1 Å². The van der Waals surface area contributed by atoms with Crippen molar-refractivity contribution in [1.82, 2.24) is 0 Å². The van der Waals surface area contributed by atoms with E-state index in [9.17, 15) is 4.79 Å². The van der Waals surface area contributed by atoms with Crippen LogP contribution >= 0.6 is 0 Å². The van der Waals surface area contributed by atoms with Gasteiger partial charge in [-0.3, -0.25) is 4.79 Å². The van der Waals surface area contributed by atoms with Crippen LogP contribution in [-0.2, 0) is 0 Å². The number of rotatable bonds is 0. The van der Waals surface area contributed by atoms with Gasteiger partial charge in [0.25, 0.3) is 0 Å². The third kappa shape index (κ3) is 1.08. The molecular weight excluding hydrogens is 183 g/mol. The second kappa shape index (κ2) is 2.83. The van der Waals surface area contributed by atoms with E-state index in [-0.39, 0.29) is 5.78 Å². The molecule has 0 bridgehead atoms. The minimum Gasteiger partial charge on any atom is -0.289 e. The van der Waals surface area contributed by atoms with E-state index in [1.807, 2.05) is 50.3 Å². The van der Waals surface area contributed by atoms with Crippen molar-refractivity contribution in [1.29, 1.82) is 0 Å². The molecule has 15 heavy (non-hydrogen) atoms. The molecule has 0 atom stereocenters. The first kappa shape index (κ1) is 8.48. The number of carbonyl (C=O) groups is 1. The highest BCUT2D eigenvalue weighted by Gasteiger charge is 2.25. The number of benzene rings is 2. The smallest absolute Gasteiger partial charge is 0.194 e. The second-order valence-electron chi connectivity index (χ2n) is 3.92. The highest BCUT2D eigenvalue weighted by molar-refractivity contribution is 6.34. The van der Waals surface area contributed by atoms with Gasteiger partial charge in [-0.25, -0.2) is 0 Å². The standard InChI is InChI=1S/C13H9BO/c14-8-5-6-10-9-3-1-2-4-11(9)13(15)12(10)7-8/h1-7H,14H2. The molecule has 0 saturated carbocycles. The lowest BCUT2D eigenvalue weighted by atomic mass is 9.92. The third-order valence-electron chi connectivity index (χ3n) is 2.88. The molecule has 0 radical (unpaired) electrons. The van der Waals surface area contributed by atoms with Crippen LogP contribution in [0.15, 0.2) is 42.5 Å². The highest BCUT2D eigenvalue weighted by Crippen LogP contribution is 2.35. The monoisotopic (exact) mass is 192 g/mol. The van der Waals surface area contributed by atoms with E-state index in [0.717, 1.165) is 27.7 Å².